The van der Waals surface area contributed by atoms with E-state index in [-0.39, 0.29) is 41.5 Å². The number of piperidine rings is 1. The summed E-state index contributed by atoms with van der Waals surface area (Å²) in [6, 6.07) is 1.28. The second-order valence-electron chi connectivity index (χ2n) is 7.15. The van der Waals surface area contributed by atoms with Crippen LogP contribution in [0.15, 0.2) is 17.1 Å². The van der Waals surface area contributed by atoms with Gasteiger partial charge in [0.1, 0.15) is 6.17 Å². The number of carbonyl (C=O) groups is 2. The molecule has 10 nitrogen and oxygen atoms in total. The maximum Gasteiger partial charge on any atom is 0.510 e. The normalized spacial score (nSPS) is 28.1. The van der Waals surface area contributed by atoms with Gasteiger partial charge >= 0.3 is 6.16 Å². The van der Waals surface area contributed by atoms with Gasteiger partial charge in [-0.05, 0) is 30.6 Å². The second kappa shape index (κ2) is 6.45. The third-order valence-corrected chi connectivity index (χ3v) is 5.71. The summed E-state index contributed by atoms with van der Waals surface area (Å²) in [6.07, 6.45) is 2.95. The number of hydrogen-bond donors (Lipinski definition) is 2. The summed E-state index contributed by atoms with van der Waals surface area (Å²) < 4.78 is 15.8. The number of ether oxygens (including phenoxy) is 3. The van der Waals surface area contributed by atoms with Crippen molar-refractivity contribution in [3.63, 3.8) is 0 Å². The quantitative estimate of drug-likeness (QED) is 0.558. The number of nitrogens with zero attached hydrogens (tertiary/aromatic N) is 2. The lowest BCUT2D eigenvalue weighted by Gasteiger charge is -2.45. The second-order valence-corrected chi connectivity index (χ2v) is 7.15. The first kappa shape index (κ1) is 17.7. The molecule has 10 heteroatoms. The van der Waals surface area contributed by atoms with Crippen LogP contribution in [-0.2, 0) is 9.47 Å². The summed E-state index contributed by atoms with van der Waals surface area (Å²) in [5.41, 5.74) is 2.75. The van der Waals surface area contributed by atoms with Gasteiger partial charge in [0.05, 0.1) is 7.11 Å². The average Bonchev–Trinajstić information content (AvgIpc) is 3.36. The number of aliphatic hydroxyl groups excluding tert-OH is 1. The molecule has 2 unspecified atom stereocenters. The van der Waals surface area contributed by atoms with E-state index in [1.807, 2.05) is 0 Å². The monoisotopic (exact) mass is 379 g/mol. The summed E-state index contributed by atoms with van der Waals surface area (Å²) in [4.78, 5) is 38.1. The fourth-order valence-corrected chi connectivity index (χ4v) is 4.10. The topological polar surface area (TPSA) is 119 Å². The third-order valence-electron chi connectivity index (χ3n) is 5.71. The number of pyridine rings is 1. The van der Waals surface area contributed by atoms with Crippen LogP contribution < -0.4 is 15.6 Å². The fraction of sp³-hybridized carbons (Fsp3) is 0.588. The first-order chi connectivity index (χ1) is 13.0. The van der Waals surface area contributed by atoms with E-state index in [0.717, 1.165) is 26.4 Å². The van der Waals surface area contributed by atoms with Crippen molar-refractivity contribution in [3.8, 4) is 5.75 Å². The molecule has 3 aliphatic rings. The first-order valence-corrected chi connectivity index (χ1v) is 8.76. The number of hydrogen-bond acceptors (Lipinski definition) is 8. The molecule has 2 N–H and O–H groups in total. The molecule has 0 aromatic carbocycles. The van der Waals surface area contributed by atoms with Crippen LogP contribution in [0.2, 0.25) is 0 Å². The minimum Gasteiger partial charge on any atom is -0.451 e. The van der Waals surface area contributed by atoms with Crippen molar-refractivity contribution in [2.75, 3.05) is 32.5 Å². The SMILES string of the molecule is COC(=O)OCOc1c2n(ccc1=O)N[C@@H]1CCC3(CC3CO)CN1C2=O. The van der Waals surface area contributed by atoms with Gasteiger partial charge in [-0.1, -0.05) is 0 Å². The Labute approximate surface area is 154 Å². The number of nitrogens with one attached hydrogen (secondary N) is 1. The molecule has 0 bridgehead atoms. The minimum atomic E-state index is -0.953. The van der Waals surface area contributed by atoms with Gasteiger partial charge in [0, 0.05) is 25.4 Å². The van der Waals surface area contributed by atoms with Gasteiger partial charge in [-0.25, -0.2) is 4.79 Å². The van der Waals surface area contributed by atoms with E-state index in [1.54, 1.807) is 4.90 Å². The number of rotatable bonds is 4. The molecule has 1 aliphatic carbocycles. The van der Waals surface area contributed by atoms with E-state index in [4.69, 9.17) is 4.74 Å². The van der Waals surface area contributed by atoms with E-state index >= 15 is 0 Å². The molecule has 1 amide bonds. The summed E-state index contributed by atoms with van der Waals surface area (Å²) in [5, 5.41) is 9.45. The molecule has 2 aliphatic heterocycles. The Balaban J connectivity index is 1.59. The van der Waals surface area contributed by atoms with Crippen molar-refractivity contribution in [3.05, 3.63) is 28.2 Å². The lowest BCUT2D eigenvalue weighted by molar-refractivity contribution is 0.0127. The molecule has 146 valence electrons. The Bertz CT molecular complexity index is 838. The van der Waals surface area contributed by atoms with Gasteiger partial charge in [-0.3, -0.25) is 14.3 Å². The third kappa shape index (κ3) is 2.89. The Kier molecular flexibility index (Phi) is 4.22. The maximum absolute atomic E-state index is 13.1. The Morgan fingerprint density at radius 3 is 2.96 bits per heavy atom. The van der Waals surface area contributed by atoms with Crippen molar-refractivity contribution in [1.82, 2.24) is 9.58 Å². The highest BCUT2D eigenvalue weighted by Gasteiger charge is 2.58. The first-order valence-electron chi connectivity index (χ1n) is 8.76. The Morgan fingerprint density at radius 2 is 2.26 bits per heavy atom. The summed E-state index contributed by atoms with van der Waals surface area (Å²) in [7, 11) is 1.15. The Hall–Kier alpha value is -2.75. The average molecular weight is 379 g/mol. The summed E-state index contributed by atoms with van der Waals surface area (Å²) in [5.74, 6) is -0.297. The Morgan fingerprint density at radius 1 is 1.44 bits per heavy atom. The molecular formula is C17H21N3O7. The highest BCUT2D eigenvalue weighted by molar-refractivity contribution is 5.96. The van der Waals surface area contributed by atoms with Gasteiger partial charge in [0.15, 0.2) is 5.69 Å². The van der Waals surface area contributed by atoms with Crippen LogP contribution in [0.5, 0.6) is 5.75 Å². The molecular weight excluding hydrogens is 358 g/mol. The molecule has 3 atom stereocenters. The predicted octanol–water partition coefficient (Wildman–Crippen LogP) is 0.0854. The van der Waals surface area contributed by atoms with Crippen molar-refractivity contribution in [2.24, 2.45) is 11.3 Å². The zero-order valence-corrected chi connectivity index (χ0v) is 14.8. The van der Waals surface area contributed by atoms with Crippen molar-refractivity contribution >= 4 is 12.1 Å². The van der Waals surface area contributed by atoms with Crippen LogP contribution in [-0.4, -0.2) is 60.0 Å². The number of carbonyl (C=O) groups excluding carboxylic acids is 2. The van der Waals surface area contributed by atoms with E-state index in [2.05, 4.69) is 14.9 Å². The van der Waals surface area contributed by atoms with E-state index in [9.17, 15) is 19.5 Å². The number of fused-ring (bicyclic) bond motifs is 2. The molecule has 2 fully saturated rings. The number of methoxy groups -OCH3 is 1. The lowest BCUT2D eigenvalue weighted by Crippen LogP contribution is -2.58. The van der Waals surface area contributed by atoms with Gasteiger partial charge in [-0.2, -0.15) is 0 Å². The molecule has 27 heavy (non-hydrogen) atoms. The molecule has 3 heterocycles. The van der Waals surface area contributed by atoms with Crippen LogP contribution >= 0.6 is 0 Å². The largest absolute Gasteiger partial charge is 0.510 e. The smallest absolute Gasteiger partial charge is 0.451 e. The predicted molar refractivity (Wildman–Crippen MR) is 90.7 cm³/mol. The standard InChI is InChI=1S/C17H21N3O7/c1-25-16(24)27-9-26-14-11(22)3-5-20-13(14)15(23)19-8-17(6-10(17)7-21)4-2-12(19)18-20/h3,5,10,12,18,21H,2,4,6-9H2,1H3/t10?,12-,17?/m0/s1. The number of amides is 1. The maximum atomic E-state index is 13.1. The van der Waals surface area contributed by atoms with Crippen LogP contribution in [0.3, 0.4) is 0 Å². The number of aromatic nitrogens is 1. The fourth-order valence-electron chi connectivity index (χ4n) is 4.10. The lowest BCUT2D eigenvalue weighted by atomic mass is 9.90. The van der Waals surface area contributed by atoms with Gasteiger partial charge in [0.2, 0.25) is 18.0 Å². The summed E-state index contributed by atoms with van der Waals surface area (Å²) in [6.45, 7) is 0.0947. The molecule has 1 aromatic heterocycles. The molecule has 1 aromatic rings. The molecule has 4 rings (SSSR count). The minimum absolute atomic E-state index is 0.0329. The van der Waals surface area contributed by atoms with Crippen LogP contribution in [0.4, 0.5) is 4.79 Å². The molecule has 1 saturated carbocycles. The number of aliphatic hydroxyl groups is 1. The molecule has 0 radical (unpaired) electrons. The summed E-state index contributed by atoms with van der Waals surface area (Å²) >= 11 is 0. The van der Waals surface area contributed by atoms with Crippen LogP contribution in [0.1, 0.15) is 29.8 Å². The highest BCUT2D eigenvalue weighted by Crippen LogP contribution is 2.58. The van der Waals surface area contributed by atoms with E-state index < -0.39 is 18.4 Å². The highest BCUT2D eigenvalue weighted by atomic mass is 16.8. The van der Waals surface area contributed by atoms with Crippen molar-refractivity contribution < 1.29 is 28.9 Å². The van der Waals surface area contributed by atoms with Gasteiger partial charge < -0.3 is 29.6 Å². The van der Waals surface area contributed by atoms with Crippen molar-refractivity contribution in [2.45, 2.75) is 25.4 Å². The van der Waals surface area contributed by atoms with Gasteiger partial charge in [-0.15, -0.1) is 0 Å². The zero-order chi connectivity index (χ0) is 19.2. The van der Waals surface area contributed by atoms with Crippen LogP contribution in [0.25, 0.3) is 0 Å². The van der Waals surface area contributed by atoms with Crippen molar-refractivity contribution in [1.29, 1.82) is 0 Å². The molecule has 1 spiro atoms. The zero-order valence-electron chi connectivity index (χ0n) is 14.8. The van der Waals surface area contributed by atoms with E-state index in [1.165, 1.54) is 16.9 Å². The van der Waals surface area contributed by atoms with E-state index in [0.29, 0.717) is 6.54 Å². The van der Waals surface area contributed by atoms with Crippen LogP contribution in [0, 0.1) is 11.3 Å². The molecule has 1 saturated heterocycles. The van der Waals surface area contributed by atoms with Gasteiger partial charge in [0.25, 0.3) is 5.91 Å².